The molecule has 0 saturated carbocycles. The molecule has 4 rings (SSSR count). The molecule has 1 aliphatic rings. The summed E-state index contributed by atoms with van der Waals surface area (Å²) in [5.74, 6) is 0. The lowest BCUT2D eigenvalue weighted by molar-refractivity contribution is -0.123. The third kappa shape index (κ3) is 6.48. The van der Waals surface area contributed by atoms with Crippen LogP contribution in [0.5, 0.6) is 0 Å². The highest BCUT2D eigenvalue weighted by molar-refractivity contribution is 6.30. The molecule has 1 saturated heterocycles. The molecule has 5 nitrogen and oxygen atoms in total. The lowest BCUT2D eigenvalue weighted by atomic mass is 9.92. The Morgan fingerprint density at radius 2 is 1.86 bits per heavy atom. The van der Waals surface area contributed by atoms with Gasteiger partial charge in [-0.15, -0.1) is 0 Å². The van der Waals surface area contributed by atoms with E-state index in [9.17, 15) is 4.79 Å². The monoisotopic (exact) mass is 503 g/mol. The van der Waals surface area contributed by atoms with Crippen LogP contribution in [0.1, 0.15) is 36.1 Å². The van der Waals surface area contributed by atoms with Crippen molar-refractivity contribution in [3.63, 3.8) is 0 Å². The number of carbonyl (C=O) groups excluding carboxylic acids is 1. The molecule has 188 valence electrons. The van der Waals surface area contributed by atoms with Gasteiger partial charge in [-0.25, -0.2) is 0 Å². The molecule has 0 aliphatic carbocycles. The maximum absolute atomic E-state index is 11.8. The van der Waals surface area contributed by atoms with E-state index in [0.29, 0.717) is 36.3 Å². The second kappa shape index (κ2) is 11.9. The minimum atomic E-state index is -0.595. The zero-order valence-corrected chi connectivity index (χ0v) is 21.9. The highest BCUT2D eigenvalue weighted by atomic mass is 35.5. The van der Waals surface area contributed by atoms with Crippen LogP contribution in [0.25, 0.3) is 11.1 Å². The van der Waals surface area contributed by atoms with Crippen LogP contribution < -0.4 is 0 Å². The van der Waals surface area contributed by atoms with Crippen molar-refractivity contribution < 1.29 is 9.53 Å². The van der Waals surface area contributed by atoms with Crippen LogP contribution in [-0.4, -0.2) is 54.7 Å². The second-order valence-electron chi connectivity index (χ2n) is 9.79. The molecule has 1 aliphatic heterocycles. The van der Waals surface area contributed by atoms with Crippen LogP contribution in [0.4, 0.5) is 0 Å². The zero-order chi connectivity index (χ0) is 25.7. The van der Waals surface area contributed by atoms with Gasteiger partial charge in [-0.2, -0.15) is 0 Å². The summed E-state index contributed by atoms with van der Waals surface area (Å²) in [5.41, 5.74) is 6.24. The van der Waals surface area contributed by atoms with Crippen molar-refractivity contribution >= 4 is 23.6 Å². The number of hydrogen-bond donors (Lipinski definition) is 1. The Morgan fingerprint density at radius 3 is 2.53 bits per heavy atom. The van der Waals surface area contributed by atoms with E-state index in [-0.39, 0.29) is 6.10 Å². The smallest absolute Gasteiger partial charge is 0.168 e. The van der Waals surface area contributed by atoms with Crippen molar-refractivity contribution in [3.05, 3.63) is 94.5 Å². The van der Waals surface area contributed by atoms with Gasteiger partial charge in [0.05, 0.1) is 6.10 Å². The van der Waals surface area contributed by atoms with Crippen LogP contribution in [0.3, 0.4) is 0 Å². The molecule has 0 spiro atoms. The molecule has 0 amide bonds. The molecule has 0 aromatic heterocycles. The molecule has 3 aromatic carbocycles. The molecule has 6 heteroatoms. The summed E-state index contributed by atoms with van der Waals surface area (Å²) in [7, 11) is 4.10. The fourth-order valence-corrected chi connectivity index (χ4v) is 4.74. The lowest BCUT2D eigenvalue weighted by Gasteiger charge is -2.22. The minimum Gasteiger partial charge on any atom is -0.347 e. The largest absolute Gasteiger partial charge is 0.347 e. The van der Waals surface area contributed by atoms with Crippen molar-refractivity contribution in [3.8, 4) is 11.1 Å². The number of nitrogens with zero attached hydrogens (tertiary/aromatic N) is 2. The van der Waals surface area contributed by atoms with E-state index in [4.69, 9.17) is 21.7 Å². The van der Waals surface area contributed by atoms with Crippen molar-refractivity contribution in [2.45, 2.75) is 44.7 Å². The van der Waals surface area contributed by atoms with Crippen LogP contribution in [0.15, 0.2) is 72.8 Å². The Labute approximate surface area is 219 Å². The molecule has 1 unspecified atom stereocenters. The number of carbonyl (C=O) groups is 1. The normalized spacial score (nSPS) is 18.9. The van der Waals surface area contributed by atoms with E-state index in [2.05, 4.69) is 47.1 Å². The molecule has 0 bridgehead atoms. The molecular formula is C30H34ClN3O2. The summed E-state index contributed by atoms with van der Waals surface area (Å²) in [4.78, 5) is 16.0. The molecule has 3 atom stereocenters. The number of hydrogen-bond acceptors (Lipinski definition) is 5. The summed E-state index contributed by atoms with van der Waals surface area (Å²) in [5, 5.41) is 9.37. The third-order valence-electron chi connectivity index (χ3n) is 6.89. The van der Waals surface area contributed by atoms with Gasteiger partial charge in [-0.1, -0.05) is 72.3 Å². The van der Waals surface area contributed by atoms with Gasteiger partial charge >= 0.3 is 0 Å². The van der Waals surface area contributed by atoms with Gasteiger partial charge in [-0.3, -0.25) is 9.69 Å². The van der Waals surface area contributed by atoms with Crippen LogP contribution >= 0.6 is 11.6 Å². The summed E-state index contributed by atoms with van der Waals surface area (Å²) < 4.78 is 6.05. The average molecular weight is 504 g/mol. The summed E-state index contributed by atoms with van der Waals surface area (Å²) in [6.45, 7) is 3.36. The summed E-state index contributed by atoms with van der Waals surface area (Å²) in [6, 6.07) is 24.7. The number of halogens is 1. The Balaban J connectivity index is 1.56. The summed E-state index contributed by atoms with van der Waals surface area (Å²) in [6.07, 6.45) is 1.41. The van der Waals surface area contributed by atoms with Gasteiger partial charge in [0, 0.05) is 42.7 Å². The van der Waals surface area contributed by atoms with E-state index in [1.807, 2.05) is 56.6 Å². The molecule has 1 N–H and O–H groups in total. The van der Waals surface area contributed by atoms with Crippen LogP contribution in [0.2, 0.25) is 5.02 Å². The Morgan fingerprint density at radius 1 is 1.14 bits per heavy atom. The average Bonchev–Trinajstić information content (AvgIpc) is 3.27. The highest BCUT2D eigenvalue weighted by Gasteiger charge is 2.33. The Kier molecular flexibility index (Phi) is 8.70. The fourth-order valence-electron chi connectivity index (χ4n) is 4.62. The van der Waals surface area contributed by atoms with E-state index in [1.54, 1.807) is 0 Å². The molecule has 1 fully saturated rings. The van der Waals surface area contributed by atoms with Crippen LogP contribution in [-0.2, 0) is 22.5 Å². The highest BCUT2D eigenvalue weighted by Crippen LogP contribution is 2.31. The first-order valence-electron chi connectivity index (χ1n) is 12.3. The number of aldehydes is 1. The lowest BCUT2D eigenvalue weighted by Crippen LogP contribution is -2.30. The Bertz CT molecular complexity index is 1180. The van der Waals surface area contributed by atoms with Crippen molar-refractivity contribution in [2.75, 3.05) is 20.6 Å². The predicted molar refractivity (Wildman–Crippen MR) is 147 cm³/mol. The minimum absolute atomic E-state index is 0.179. The Hall–Kier alpha value is -2.83. The second-order valence-corrected chi connectivity index (χ2v) is 10.2. The van der Waals surface area contributed by atoms with Crippen molar-refractivity contribution in [1.29, 1.82) is 5.41 Å². The molecule has 1 heterocycles. The SMILES string of the molecule is C[C@H](CC(=N)Cc1cc(CN2C[C@@H](c3ccc(Cl)cc3)OC2C=O)ccc1-c1ccccc1)N(C)C. The maximum atomic E-state index is 11.8. The molecule has 3 aromatic rings. The molecular weight excluding hydrogens is 470 g/mol. The molecule has 0 radical (unpaired) electrons. The number of ether oxygens (including phenoxy) is 1. The standard InChI is InChI=1S/C30H34ClN3O2/c1-21(33(2)3)15-27(32)17-25-16-22(9-14-28(25)23-7-5-4-6-8-23)18-34-19-29(36-30(34)20-35)24-10-12-26(31)13-11-24/h4-14,16,20-21,29-30,32H,15,17-19H2,1-3H3/t21-,29+,30?/m1/s1. The van der Waals surface area contributed by atoms with Crippen LogP contribution in [0, 0.1) is 5.41 Å². The number of nitrogens with one attached hydrogen (secondary N) is 1. The molecule has 36 heavy (non-hydrogen) atoms. The van der Waals surface area contributed by atoms with Gasteiger partial charge in [0.2, 0.25) is 0 Å². The summed E-state index contributed by atoms with van der Waals surface area (Å²) >= 11 is 6.04. The van der Waals surface area contributed by atoms with Gasteiger partial charge in [0.25, 0.3) is 0 Å². The van der Waals surface area contributed by atoms with Crippen molar-refractivity contribution in [1.82, 2.24) is 9.80 Å². The maximum Gasteiger partial charge on any atom is 0.168 e. The van der Waals surface area contributed by atoms with Gasteiger partial charge in [-0.05, 0) is 61.0 Å². The third-order valence-corrected chi connectivity index (χ3v) is 7.14. The van der Waals surface area contributed by atoms with E-state index in [1.165, 1.54) is 0 Å². The first kappa shape index (κ1) is 26.2. The first-order chi connectivity index (χ1) is 17.3. The van der Waals surface area contributed by atoms with E-state index in [0.717, 1.165) is 40.5 Å². The van der Waals surface area contributed by atoms with E-state index < -0.39 is 6.23 Å². The zero-order valence-electron chi connectivity index (χ0n) is 21.2. The first-order valence-corrected chi connectivity index (χ1v) is 12.7. The van der Waals surface area contributed by atoms with E-state index >= 15 is 0 Å². The van der Waals surface area contributed by atoms with Crippen molar-refractivity contribution in [2.24, 2.45) is 0 Å². The quantitative estimate of drug-likeness (QED) is 0.272. The van der Waals surface area contributed by atoms with Gasteiger partial charge in [0.1, 0.15) is 0 Å². The topological polar surface area (TPSA) is 56.6 Å². The van der Waals surface area contributed by atoms with Gasteiger partial charge < -0.3 is 15.0 Å². The number of benzene rings is 3. The number of rotatable bonds is 10. The fraction of sp³-hybridized carbons (Fsp3) is 0.333. The predicted octanol–water partition coefficient (Wildman–Crippen LogP) is 6.01. The van der Waals surface area contributed by atoms with Gasteiger partial charge in [0.15, 0.2) is 12.5 Å².